The van der Waals surface area contributed by atoms with Crippen LogP contribution in [0, 0.1) is 11.3 Å². The minimum atomic E-state index is -0.482. The highest BCUT2D eigenvalue weighted by atomic mass is 16.5. The summed E-state index contributed by atoms with van der Waals surface area (Å²) < 4.78 is 10.7. The van der Waals surface area contributed by atoms with Crippen LogP contribution in [-0.2, 0) is 0 Å². The number of rotatable bonds is 5. The van der Waals surface area contributed by atoms with Crippen molar-refractivity contribution in [2.24, 2.45) is 0 Å². The number of ether oxygens (including phenoxy) is 2. The predicted octanol–water partition coefficient (Wildman–Crippen LogP) is 3.73. The topological polar surface area (TPSA) is 57.5 Å². The van der Waals surface area contributed by atoms with Gasteiger partial charge in [0.1, 0.15) is 6.04 Å². The maximum atomic E-state index is 9.85. The summed E-state index contributed by atoms with van der Waals surface area (Å²) in [6.45, 7) is 4.04. The van der Waals surface area contributed by atoms with Crippen LogP contribution in [0.1, 0.15) is 29.6 Å². The summed E-state index contributed by atoms with van der Waals surface area (Å²) >= 11 is 0. The lowest BCUT2D eigenvalue weighted by Crippen LogP contribution is -2.35. The molecule has 1 N–H and O–H groups in total. The lowest BCUT2D eigenvalue weighted by molar-refractivity contribution is 0.157. The van der Waals surface area contributed by atoms with E-state index in [-0.39, 0.29) is 6.04 Å². The number of nitrogens with one attached hydrogen (secondary N) is 1. The maximum absolute atomic E-state index is 9.85. The van der Waals surface area contributed by atoms with Crippen LogP contribution in [0.5, 0.6) is 11.5 Å². The van der Waals surface area contributed by atoms with Gasteiger partial charge in [0.2, 0.25) is 0 Å². The molecule has 5 nitrogen and oxygen atoms in total. The highest BCUT2D eigenvalue weighted by molar-refractivity contribution is 5.45. The minimum Gasteiger partial charge on any atom is -0.493 e. The maximum Gasteiger partial charge on any atom is 0.161 e. The summed E-state index contributed by atoms with van der Waals surface area (Å²) in [5.41, 5.74) is 6.14. The monoisotopic (exact) mass is 335 g/mol. The van der Waals surface area contributed by atoms with Gasteiger partial charge in [0, 0.05) is 12.1 Å². The number of methoxy groups -OCH3 is 2. The van der Waals surface area contributed by atoms with Crippen LogP contribution in [-0.4, -0.2) is 19.2 Å². The van der Waals surface area contributed by atoms with Crippen molar-refractivity contribution < 1.29 is 9.47 Å². The van der Waals surface area contributed by atoms with Gasteiger partial charge in [0.05, 0.1) is 26.3 Å². The van der Waals surface area contributed by atoms with Gasteiger partial charge in [-0.15, -0.1) is 0 Å². The summed E-state index contributed by atoms with van der Waals surface area (Å²) in [6, 6.07) is 17.7. The first-order valence-corrected chi connectivity index (χ1v) is 8.07. The molecule has 0 radical (unpaired) electrons. The fourth-order valence-electron chi connectivity index (χ4n) is 3.16. The third kappa shape index (κ3) is 3.30. The van der Waals surface area contributed by atoms with Crippen molar-refractivity contribution in [2.75, 3.05) is 14.2 Å². The Hall–Kier alpha value is -2.97. The largest absolute Gasteiger partial charge is 0.493 e. The standard InChI is InChI=1S/C20H21N3O2/c1-14-11-17(15-7-5-4-6-8-15)23(22-14)18(13-21)16-9-10-19(24-2)20(12-16)25-3/h4-10,12,17-18,22H,1,11H2,2-3H3. The number of benzene rings is 2. The van der Waals surface area contributed by atoms with E-state index in [0.717, 1.165) is 23.2 Å². The molecule has 0 amide bonds. The number of nitriles is 1. The van der Waals surface area contributed by atoms with Crippen molar-refractivity contribution in [3.63, 3.8) is 0 Å². The third-order valence-corrected chi connectivity index (χ3v) is 4.37. The molecule has 0 bridgehead atoms. The number of hydrogen-bond donors (Lipinski definition) is 1. The highest BCUT2D eigenvalue weighted by Crippen LogP contribution is 2.39. The van der Waals surface area contributed by atoms with Crippen molar-refractivity contribution in [2.45, 2.75) is 18.5 Å². The van der Waals surface area contributed by atoms with Gasteiger partial charge in [-0.25, -0.2) is 0 Å². The molecule has 25 heavy (non-hydrogen) atoms. The summed E-state index contributed by atoms with van der Waals surface area (Å²) in [7, 11) is 3.18. The van der Waals surface area contributed by atoms with Crippen LogP contribution in [0.25, 0.3) is 0 Å². The van der Waals surface area contributed by atoms with Gasteiger partial charge >= 0.3 is 0 Å². The zero-order valence-electron chi connectivity index (χ0n) is 14.4. The smallest absolute Gasteiger partial charge is 0.161 e. The summed E-state index contributed by atoms with van der Waals surface area (Å²) in [5, 5.41) is 11.8. The van der Waals surface area contributed by atoms with E-state index in [1.165, 1.54) is 0 Å². The molecule has 1 aliphatic heterocycles. The lowest BCUT2D eigenvalue weighted by atomic mass is 10.00. The molecular weight excluding hydrogens is 314 g/mol. The molecule has 1 aliphatic rings. The molecule has 3 rings (SSSR count). The summed E-state index contributed by atoms with van der Waals surface area (Å²) in [4.78, 5) is 0. The molecule has 0 spiro atoms. The van der Waals surface area contributed by atoms with Crippen molar-refractivity contribution >= 4 is 0 Å². The molecular formula is C20H21N3O2. The van der Waals surface area contributed by atoms with E-state index < -0.39 is 6.04 Å². The van der Waals surface area contributed by atoms with E-state index >= 15 is 0 Å². The second-order valence-corrected chi connectivity index (χ2v) is 5.90. The van der Waals surface area contributed by atoms with Crippen molar-refractivity contribution in [1.29, 1.82) is 5.26 Å². The Balaban J connectivity index is 1.97. The van der Waals surface area contributed by atoms with E-state index in [1.54, 1.807) is 14.2 Å². The van der Waals surface area contributed by atoms with Crippen molar-refractivity contribution in [3.05, 3.63) is 71.9 Å². The van der Waals surface area contributed by atoms with Crippen LogP contribution in [0.15, 0.2) is 60.8 Å². The fraction of sp³-hybridized carbons (Fsp3) is 0.250. The highest BCUT2D eigenvalue weighted by Gasteiger charge is 2.35. The Labute approximate surface area is 148 Å². The van der Waals surface area contributed by atoms with Gasteiger partial charge in [-0.3, -0.25) is 0 Å². The first-order valence-electron chi connectivity index (χ1n) is 8.07. The number of hydrazine groups is 1. The van der Waals surface area contributed by atoms with Crippen LogP contribution in [0.3, 0.4) is 0 Å². The van der Waals surface area contributed by atoms with Gasteiger partial charge in [-0.05, 0) is 23.3 Å². The van der Waals surface area contributed by atoms with Gasteiger partial charge < -0.3 is 14.9 Å². The molecule has 1 saturated heterocycles. The van der Waals surface area contributed by atoms with Crippen LogP contribution in [0.4, 0.5) is 0 Å². The summed E-state index contributed by atoms with van der Waals surface area (Å²) in [5.74, 6) is 1.25. The average molecular weight is 335 g/mol. The van der Waals surface area contributed by atoms with E-state index in [1.807, 2.05) is 41.4 Å². The first kappa shape index (κ1) is 16.9. The van der Waals surface area contributed by atoms with Crippen LogP contribution in [0.2, 0.25) is 0 Å². The molecule has 2 atom stereocenters. The summed E-state index contributed by atoms with van der Waals surface area (Å²) in [6.07, 6.45) is 0.759. The molecule has 1 heterocycles. The van der Waals surface area contributed by atoms with Crippen molar-refractivity contribution in [1.82, 2.24) is 10.4 Å². The van der Waals surface area contributed by atoms with Crippen molar-refractivity contribution in [3.8, 4) is 17.6 Å². The van der Waals surface area contributed by atoms with E-state index in [0.29, 0.717) is 11.5 Å². The van der Waals surface area contributed by atoms with Crippen LogP contribution < -0.4 is 14.9 Å². The van der Waals surface area contributed by atoms with Gasteiger partial charge in [0.25, 0.3) is 0 Å². The Morgan fingerprint density at radius 3 is 2.52 bits per heavy atom. The Kier molecular flexibility index (Phi) is 4.92. The second kappa shape index (κ2) is 7.29. The molecule has 1 fully saturated rings. The van der Waals surface area contributed by atoms with E-state index in [4.69, 9.17) is 9.47 Å². The molecule has 5 heteroatoms. The van der Waals surface area contributed by atoms with Gasteiger partial charge in [-0.2, -0.15) is 10.3 Å². The SMILES string of the molecule is C=C1CC(c2ccccc2)N(C(C#N)c2ccc(OC)c(OC)c2)N1. The van der Waals surface area contributed by atoms with Gasteiger partial charge in [-0.1, -0.05) is 43.0 Å². The quantitative estimate of drug-likeness (QED) is 0.902. The normalized spacial score (nSPS) is 18.3. The van der Waals surface area contributed by atoms with Gasteiger partial charge in [0.15, 0.2) is 11.5 Å². The molecule has 0 aromatic heterocycles. The van der Waals surface area contributed by atoms with Crippen LogP contribution >= 0.6 is 0 Å². The Morgan fingerprint density at radius 1 is 1.16 bits per heavy atom. The first-order chi connectivity index (χ1) is 12.2. The van der Waals surface area contributed by atoms with E-state index in [2.05, 4.69) is 30.2 Å². The average Bonchev–Trinajstić information content (AvgIpc) is 3.04. The molecule has 128 valence electrons. The molecule has 2 unspecified atom stereocenters. The lowest BCUT2D eigenvalue weighted by Gasteiger charge is -2.29. The fourth-order valence-corrected chi connectivity index (χ4v) is 3.16. The molecule has 0 aliphatic carbocycles. The minimum absolute atomic E-state index is 0.0476. The number of hydrogen-bond acceptors (Lipinski definition) is 5. The second-order valence-electron chi connectivity index (χ2n) is 5.90. The zero-order chi connectivity index (χ0) is 17.8. The Morgan fingerprint density at radius 2 is 1.88 bits per heavy atom. The third-order valence-electron chi connectivity index (χ3n) is 4.37. The molecule has 2 aromatic rings. The molecule has 0 saturated carbocycles. The zero-order valence-corrected chi connectivity index (χ0v) is 14.4. The Bertz CT molecular complexity index is 798. The predicted molar refractivity (Wildman–Crippen MR) is 95.8 cm³/mol. The van der Waals surface area contributed by atoms with E-state index in [9.17, 15) is 5.26 Å². The number of nitrogens with zero attached hydrogens (tertiary/aromatic N) is 2. The molecule has 2 aromatic carbocycles.